The van der Waals surface area contributed by atoms with Crippen molar-refractivity contribution >= 4 is 11.9 Å². The molecule has 5 atom stereocenters. The average Bonchev–Trinajstić information content (AvgIpc) is 2.68. The minimum absolute atomic E-state index is 0.283. The third-order valence-corrected chi connectivity index (χ3v) is 6.60. The maximum atomic E-state index is 12.1. The Hall–Kier alpha value is -1.14. The van der Waals surface area contributed by atoms with Crippen LogP contribution in [0.2, 0.25) is 0 Å². The number of fused-ring (bicyclic) bond motifs is 2. The van der Waals surface area contributed by atoms with E-state index in [1.165, 1.54) is 0 Å². The van der Waals surface area contributed by atoms with Gasteiger partial charge in [-0.15, -0.1) is 0 Å². The minimum Gasteiger partial charge on any atom is -0.456 e. The summed E-state index contributed by atoms with van der Waals surface area (Å²) in [5.41, 5.74) is -2.72. The van der Waals surface area contributed by atoms with Gasteiger partial charge < -0.3 is 19.7 Å². The third-order valence-electron chi connectivity index (χ3n) is 6.60. The van der Waals surface area contributed by atoms with Crippen LogP contribution < -0.4 is 0 Å². The highest BCUT2D eigenvalue weighted by molar-refractivity contribution is 5.77. The van der Waals surface area contributed by atoms with Gasteiger partial charge in [0.25, 0.3) is 0 Å². The zero-order valence-corrected chi connectivity index (χ0v) is 13.6. The first-order valence-electron chi connectivity index (χ1n) is 8.44. The van der Waals surface area contributed by atoms with Crippen molar-refractivity contribution in [1.29, 1.82) is 0 Å². The molecule has 6 heteroatoms. The second-order valence-corrected chi connectivity index (χ2v) is 8.64. The summed E-state index contributed by atoms with van der Waals surface area (Å²) >= 11 is 0. The summed E-state index contributed by atoms with van der Waals surface area (Å²) in [5.74, 6) is -0.968. The van der Waals surface area contributed by atoms with Gasteiger partial charge in [0.05, 0.1) is 17.1 Å². The average molecular weight is 324 g/mol. The molecule has 0 aromatic heterocycles. The van der Waals surface area contributed by atoms with Gasteiger partial charge in [-0.3, -0.25) is 4.79 Å². The standard InChI is InChI=1S/C17H24O6/c1-10(2)13(19)22-5-12(18)23-15-3-11-4-17(21)8-14(20,6-15)7-16(11,17)9-15/h10-11,20-21H,3-9H2,1-2H3. The molecule has 0 radical (unpaired) electrons. The van der Waals surface area contributed by atoms with Gasteiger partial charge in [-0.05, 0) is 31.6 Å². The highest BCUT2D eigenvalue weighted by atomic mass is 16.6. The van der Waals surface area contributed by atoms with Crippen molar-refractivity contribution in [2.24, 2.45) is 17.3 Å². The van der Waals surface area contributed by atoms with E-state index in [1.54, 1.807) is 13.8 Å². The number of ether oxygens (including phenoxy) is 2. The highest BCUT2D eigenvalue weighted by Gasteiger charge is 2.82. The van der Waals surface area contributed by atoms with E-state index in [2.05, 4.69) is 0 Å². The summed E-state index contributed by atoms with van der Waals surface area (Å²) in [6.07, 6.45) is 3.39. The van der Waals surface area contributed by atoms with Gasteiger partial charge in [0.15, 0.2) is 6.61 Å². The van der Waals surface area contributed by atoms with E-state index in [0.29, 0.717) is 44.4 Å². The van der Waals surface area contributed by atoms with Gasteiger partial charge in [-0.2, -0.15) is 0 Å². The predicted octanol–water partition coefficient (Wildman–Crippen LogP) is 0.927. The molecule has 4 rings (SSSR count). The van der Waals surface area contributed by atoms with E-state index >= 15 is 0 Å². The summed E-state index contributed by atoms with van der Waals surface area (Å²) in [7, 11) is 0. The van der Waals surface area contributed by atoms with E-state index < -0.39 is 28.7 Å². The topological polar surface area (TPSA) is 93.1 Å². The molecule has 4 aliphatic rings. The maximum Gasteiger partial charge on any atom is 0.344 e. The first-order valence-corrected chi connectivity index (χ1v) is 8.44. The number of carbonyl (C=O) groups is 2. The van der Waals surface area contributed by atoms with Crippen molar-refractivity contribution < 1.29 is 29.3 Å². The Balaban J connectivity index is 1.46. The SMILES string of the molecule is CC(C)C(=O)OCC(=O)OC12CC3CC4(O)CC(O)(C1)CC34C2. The van der Waals surface area contributed by atoms with Crippen LogP contribution in [-0.2, 0) is 19.1 Å². The Bertz CT molecular complexity index is 588. The molecule has 4 aliphatic carbocycles. The molecule has 0 aromatic carbocycles. The molecule has 0 saturated heterocycles. The quantitative estimate of drug-likeness (QED) is 0.747. The van der Waals surface area contributed by atoms with Crippen molar-refractivity contribution in [3.8, 4) is 0 Å². The number of rotatable bonds is 4. The zero-order valence-electron chi connectivity index (χ0n) is 13.6. The lowest BCUT2D eigenvalue weighted by atomic mass is 9.53. The normalized spacial score (nSPS) is 49.0. The van der Waals surface area contributed by atoms with Crippen molar-refractivity contribution in [2.75, 3.05) is 6.61 Å². The van der Waals surface area contributed by atoms with Crippen LogP contribution in [0.25, 0.3) is 0 Å². The molecule has 0 heterocycles. The largest absolute Gasteiger partial charge is 0.456 e. The van der Waals surface area contributed by atoms with Gasteiger partial charge in [-0.1, -0.05) is 13.8 Å². The van der Waals surface area contributed by atoms with Gasteiger partial charge in [0.2, 0.25) is 0 Å². The summed E-state index contributed by atoms with van der Waals surface area (Å²) in [6.45, 7) is 3.02. The van der Waals surface area contributed by atoms with Crippen LogP contribution in [0.5, 0.6) is 0 Å². The van der Waals surface area contributed by atoms with Crippen molar-refractivity contribution in [2.45, 2.75) is 69.2 Å². The smallest absolute Gasteiger partial charge is 0.344 e. The Morgan fingerprint density at radius 3 is 2.57 bits per heavy atom. The van der Waals surface area contributed by atoms with E-state index in [4.69, 9.17) is 9.47 Å². The molecule has 6 nitrogen and oxygen atoms in total. The van der Waals surface area contributed by atoms with E-state index in [0.717, 1.165) is 0 Å². The zero-order chi connectivity index (χ0) is 16.7. The number of aliphatic hydroxyl groups is 2. The van der Waals surface area contributed by atoms with Crippen LogP contribution in [0.4, 0.5) is 0 Å². The van der Waals surface area contributed by atoms with Crippen molar-refractivity contribution in [3.05, 3.63) is 0 Å². The molecule has 4 saturated carbocycles. The minimum atomic E-state index is -0.937. The highest BCUT2D eigenvalue weighted by Crippen LogP contribution is 2.79. The Morgan fingerprint density at radius 2 is 1.87 bits per heavy atom. The molecular weight excluding hydrogens is 300 g/mol. The molecule has 3 bridgehead atoms. The van der Waals surface area contributed by atoms with Crippen LogP contribution in [0.1, 0.15) is 52.4 Å². The summed E-state index contributed by atoms with van der Waals surface area (Å²) in [4.78, 5) is 23.6. The molecular formula is C17H24O6. The van der Waals surface area contributed by atoms with E-state index in [1.807, 2.05) is 0 Å². The molecule has 128 valence electrons. The number of carbonyl (C=O) groups excluding carboxylic acids is 2. The van der Waals surface area contributed by atoms with Crippen LogP contribution in [0.3, 0.4) is 0 Å². The molecule has 1 spiro atoms. The van der Waals surface area contributed by atoms with Gasteiger partial charge in [-0.25, -0.2) is 4.79 Å². The number of esters is 2. The van der Waals surface area contributed by atoms with E-state index in [9.17, 15) is 19.8 Å². The van der Waals surface area contributed by atoms with E-state index in [-0.39, 0.29) is 17.9 Å². The van der Waals surface area contributed by atoms with Crippen molar-refractivity contribution in [1.82, 2.24) is 0 Å². The molecule has 5 unspecified atom stereocenters. The second-order valence-electron chi connectivity index (χ2n) is 8.64. The van der Waals surface area contributed by atoms with Gasteiger partial charge in [0.1, 0.15) is 5.60 Å². The maximum absolute atomic E-state index is 12.1. The molecule has 0 aliphatic heterocycles. The fraction of sp³-hybridized carbons (Fsp3) is 0.882. The van der Waals surface area contributed by atoms with Crippen LogP contribution in [0.15, 0.2) is 0 Å². The molecule has 4 fully saturated rings. The van der Waals surface area contributed by atoms with Crippen LogP contribution in [-0.4, -0.2) is 45.6 Å². The van der Waals surface area contributed by atoms with Gasteiger partial charge >= 0.3 is 11.9 Å². The summed E-state index contributed by atoms with van der Waals surface area (Å²) in [6, 6.07) is 0. The van der Waals surface area contributed by atoms with Crippen LogP contribution >= 0.6 is 0 Å². The molecule has 0 amide bonds. The Labute approximate surface area is 135 Å². The monoisotopic (exact) mass is 324 g/mol. The fourth-order valence-corrected chi connectivity index (χ4v) is 6.08. The molecule has 0 aromatic rings. The lowest BCUT2D eigenvalue weighted by Crippen LogP contribution is -2.57. The fourth-order valence-electron chi connectivity index (χ4n) is 6.08. The Kier molecular flexibility index (Phi) is 2.86. The van der Waals surface area contributed by atoms with Crippen molar-refractivity contribution in [3.63, 3.8) is 0 Å². The summed E-state index contributed by atoms with van der Waals surface area (Å²) < 4.78 is 10.6. The number of hydrogen-bond donors (Lipinski definition) is 2. The first-order chi connectivity index (χ1) is 10.6. The van der Waals surface area contributed by atoms with Gasteiger partial charge in [0, 0.05) is 18.3 Å². The molecule has 23 heavy (non-hydrogen) atoms. The Morgan fingerprint density at radius 1 is 1.13 bits per heavy atom. The second kappa shape index (κ2) is 4.28. The summed E-state index contributed by atoms with van der Waals surface area (Å²) in [5, 5.41) is 21.6. The first kappa shape index (κ1) is 15.4. The lowest BCUT2D eigenvalue weighted by Gasteiger charge is -2.55. The predicted molar refractivity (Wildman–Crippen MR) is 78.1 cm³/mol. The third kappa shape index (κ3) is 1.94. The molecule has 2 N–H and O–H groups in total. The van der Waals surface area contributed by atoms with Crippen LogP contribution in [0, 0.1) is 17.3 Å². The lowest BCUT2D eigenvalue weighted by molar-refractivity contribution is -0.185. The number of hydrogen-bond acceptors (Lipinski definition) is 6.